The predicted octanol–water partition coefficient (Wildman–Crippen LogP) is 3.09. The van der Waals surface area contributed by atoms with Crippen molar-refractivity contribution in [3.8, 4) is 0 Å². The zero-order valence-corrected chi connectivity index (χ0v) is 11.9. The van der Waals surface area contributed by atoms with Gasteiger partial charge in [0.25, 0.3) is 0 Å². The number of carbonyl (C=O) groups excluding carboxylic acids is 1. The van der Waals surface area contributed by atoms with Gasteiger partial charge in [-0.25, -0.2) is 0 Å². The van der Waals surface area contributed by atoms with Gasteiger partial charge in [0.05, 0.1) is 11.8 Å². The summed E-state index contributed by atoms with van der Waals surface area (Å²) in [6.07, 6.45) is 9.95. The predicted molar refractivity (Wildman–Crippen MR) is 75.1 cm³/mol. The molecule has 0 spiro atoms. The molecule has 0 bridgehead atoms. The van der Waals surface area contributed by atoms with E-state index in [-0.39, 0.29) is 19.0 Å². The monoisotopic (exact) mass is 278 g/mol. The molecule has 0 aromatic carbocycles. The van der Waals surface area contributed by atoms with E-state index in [9.17, 15) is 9.59 Å². The summed E-state index contributed by atoms with van der Waals surface area (Å²) >= 11 is 0. The van der Waals surface area contributed by atoms with Crippen LogP contribution in [0.15, 0.2) is 23.8 Å². The van der Waals surface area contributed by atoms with Crippen molar-refractivity contribution in [3.63, 3.8) is 0 Å². The van der Waals surface area contributed by atoms with Crippen molar-refractivity contribution in [3.05, 3.63) is 23.8 Å². The quantitative estimate of drug-likeness (QED) is 0.785. The number of hydrogen-bond donors (Lipinski definition) is 1. The fourth-order valence-corrected chi connectivity index (χ4v) is 3.14. The molecule has 0 aromatic rings. The second-order valence-electron chi connectivity index (χ2n) is 6.03. The Kier molecular flexibility index (Phi) is 4.63. The van der Waals surface area contributed by atoms with Crippen LogP contribution in [0.2, 0.25) is 0 Å². The summed E-state index contributed by atoms with van der Waals surface area (Å²) in [6.45, 7) is 2.41. The van der Waals surface area contributed by atoms with Crippen molar-refractivity contribution < 1.29 is 19.4 Å². The molecule has 1 atom stereocenters. The molecule has 1 fully saturated rings. The van der Waals surface area contributed by atoms with E-state index in [2.05, 4.69) is 13.0 Å². The maximum atomic E-state index is 12.3. The average Bonchev–Trinajstić information content (AvgIpc) is 2.85. The highest BCUT2D eigenvalue weighted by molar-refractivity contribution is 5.83. The fourth-order valence-electron chi connectivity index (χ4n) is 3.14. The van der Waals surface area contributed by atoms with Gasteiger partial charge in [-0.3, -0.25) is 9.59 Å². The molecule has 1 saturated carbocycles. The van der Waals surface area contributed by atoms with Crippen molar-refractivity contribution in [1.29, 1.82) is 0 Å². The van der Waals surface area contributed by atoms with E-state index in [0.717, 1.165) is 24.8 Å². The van der Waals surface area contributed by atoms with Crippen LogP contribution in [0.1, 0.15) is 45.4 Å². The van der Waals surface area contributed by atoms with Crippen molar-refractivity contribution in [2.45, 2.75) is 45.4 Å². The third-order valence-electron chi connectivity index (χ3n) is 4.23. The Balaban J connectivity index is 1.94. The highest BCUT2D eigenvalue weighted by atomic mass is 16.5. The van der Waals surface area contributed by atoms with Crippen LogP contribution >= 0.6 is 0 Å². The van der Waals surface area contributed by atoms with Gasteiger partial charge < -0.3 is 9.84 Å². The van der Waals surface area contributed by atoms with E-state index in [0.29, 0.717) is 18.8 Å². The van der Waals surface area contributed by atoms with E-state index in [1.54, 1.807) is 0 Å². The molecule has 4 nitrogen and oxygen atoms in total. The summed E-state index contributed by atoms with van der Waals surface area (Å²) in [4.78, 5) is 23.3. The number of carboxylic acids is 1. The van der Waals surface area contributed by atoms with Gasteiger partial charge in [-0.05, 0) is 30.8 Å². The van der Waals surface area contributed by atoms with Gasteiger partial charge in [0.1, 0.15) is 6.61 Å². The summed E-state index contributed by atoms with van der Waals surface area (Å²) in [5.74, 6) is -0.786. The number of rotatable bonds is 5. The number of ether oxygens (including phenoxy) is 1. The number of allylic oxidation sites excluding steroid dienone is 3. The second-order valence-corrected chi connectivity index (χ2v) is 6.03. The SMILES string of the molecule is CC1C=CC=C(COC(=O)C2(CC(=O)O)CCCC2)C1. The van der Waals surface area contributed by atoms with E-state index in [1.807, 2.05) is 12.2 Å². The summed E-state index contributed by atoms with van der Waals surface area (Å²) < 4.78 is 5.41. The highest BCUT2D eigenvalue weighted by Gasteiger charge is 2.44. The fraction of sp³-hybridized carbons (Fsp3) is 0.625. The Morgan fingerprint density at radius 1 is 1.40 bits per heavy atom. The molecule has 0 radical (unpaired) electrons. The summed E-state index contributed by atoms with van der Waals surface area (Å²) in [5, 5.41) is 9.01. The Hall–Kier alpha value is -1.58. The number of hydrogen-bond acceptors (Lipinski definition) is 3. The van der Waals surface area contributed by atoms with Crippen LogP contribution in [0, 0.1) is 11.3 Å². The normalized spacial score (nSPS) is 24.2. The smallest absolute Gasteiger partial charge is 0.312 e. The van der Waals surface area contributed by atoms with Crippen molar-refractivity contribution in [1.82, 2.24) is 0 Å². The van der Waals surface area contributed by atoms with Crippen LogP contribution < -0.4 is 0 Å². The Bertz CT molecular complexity index is 441. The molecule has 0 aromatic heterocycles. The van der Waals surface area contributed by atoms with Gasteiger partial charge in [-0.15, -0.1) is 0 Å². The van der Waals surface area contributed by atoms with E-state index in [1.165, 1.54) is 0 Å². The minimum Gasteiger partial charge on any atom is -0.481 e. The molecule has 2 rings (SSSR count). The van der Waals surface area contributed by atoms with Crippen LogP contribution in [0.3, 0.4) is 0 Å². The first-order valence-electron chi connectivity index (χ1n) is 7.27. The van der Waals surface area contributed by atoms with Gasteiger partial charge in [0.15, 0.2) is 0 Å². The van der Waals surface area contributed by atoms with Crippen LogP contribution in [0.5, 0.6) is 0 Å². The minimum absolute atomic E-state index is 0.110. The van der Waals surface area contributed by atoms with E-state index in [4.69, 9.17) is 9.84 Å². The number of esters is 1. The third-order valence-corrected chi connectivity index (χ3v) is 4.23. The van der Waals surface area contributed by atoms with E-state index < -0.39 is 11.4 Å². The Morgan fingerprint density at radius 2 is 2.10 bits per heavy atom. The average molecular weight is 278 g/mol. The lowest BCUT2D eigenvalue weighted by Crippen LogP contribution is -2.33. The largest absolute Gasteiger partial charge is 0.481 e. The standard InChI is InChI=1S/C16H22O4/c1-12-5-4-6-13(9-12)11-20-15(19)16(10-14(17)18)7-2-3-8-16/h4-6,12H,2-3,7-11H2,1H3,(H,17,18). The summed E-state index contributed by atoms with van der Waals surface area (Å²) in [6, 6.07) is 0. The first kappa shape index (κ1) is 14.8. The first-order chi connectivity index (χ1) is 9.52. The van der Waals surface area contributed by atoms with Gasteiger partial charge in [0.2, 0.25) is 0 Å². The molecule has 0 aliphatic heterocycles. The first-order valence-corrected chi connectivity index (χ1v) is 7.27. The van der Waals surface area contributed by atoms with Crippen LogP contribution in [-0.4, -0.2) is 23.7 Å². The van der Waals surface area contributed by atoms with Gasteiger partial charge in [-0.2, -0.15) is 0 Å². The molecule has 0 saturated heterocycles. The van der Waals surface area contributed by atoms with Crippen molar-refractivity contribution in [2.24, 2.45) is 11.3 Å². The van der Waals surface area contributed by atoms with Crippen LogP contribution in [0.4, 0.5) is 0 Å². The second kappa shape index (κ2) is 6.25. The van der Waals surface area contributed by atoms with E-state index >= 15 is 0 Å². The lowest BCUT2D eigenvalue weighted by atomic mass is 9.83. The molecule has 1 unspecified atom stereocenters. The number of carbonyl (C=O) groups is 2. The van der Waals surface area contributed by atoms with Crippen molar-refractivity contribution in [2.75, 3.05) is 6.61 Å². The molecule has 1 N–H and O–H groups in total. The van der Waals surface area contributed by atoms with Crippen LogP contribution in [0.25, 0.3) is 0 Å². The third kappa shape index (κ3) is 3.50. The molecule has 0 amide bonds. The molecule has 4 heteroatoms. The highest BCUT2D eigenvalue weighted by Crippen LogP contribution is 2.42. The number of aliphatic carboxylic acids is 1. The topological polar surface area (TPSA) is 63.6 Å². The summed E-state index contributed by atoms with van der Waals surface area (Å²) in [5.41, 5.74) is 0.305. The van der Waals surface area contributed by atoms with Gasteiger partial charge >= 0.3 is 11.9 Å². The molecule has 2 aliphatic carbocycles. The number of carboxylic acid groups (broad SMARTS) is 1. The lowest BCUT2D eigenvalue weighted by Gasteiger charge is -2.25. The molecular formula is C16H22O4. The molecule has 2 aliphatic rings. The molecular weight excluding hydrogens is 256 g/mol. The maximum Gasteiger partial charge on any atom is 0.312 e. The van der Waals surface area contributed by atoms with Gasteiger partial charge in [-0.1, -0.05) is 38.0 Å². The van der Waals surface area contributed by atoms with Crippen molar-refractivity contribution >= 4 is 11.9 Å². The Labute approximate surface area is 119 Å². The maximum absolute atomic E-state index is 12.3. The zero-order valence-electron chi connectivity index (χ0n) is 11.9. The molecule has 0 heterocycles. The molecule has 110 valence electrons. The lowest BCUT2D eigenvalue weighted by molar-refractivity contribution is -0.160. The molecule has 20 heavy (non-hydrogen) atoms. The Morgan fingerprint density at radius 3 is 2.70 bits per heavy atom. The summed E-state index contributed by atoms with van der Waals surface area (Å²) in [7, 11) is 0. The van der Waals surface area contributed by atoms with Gasteiger partial charge in [0, 0.05) is 0 Å². The zero-order chi connectivity index (χ0) is 14.6. The van der Waals surface area contributed by atoms with Crippen LogP contribution in [-0.2, 0) is 14.3 Å². The minimum atomic E-state index is -0.919.